The Morgan fingerprint density at radius 3 is 1.57 bits per heavy atom. The van der Waals surface area contributed by atoms with Crippen LogP contribution in [0.2, 0.25) is 0 Å². The van der Waals surface area contributed by atoms with E-state index in [9.17, 15) is 15.0 Å². The Morgan fingerprint density at radius 2 is 1.09 bits per heavy atom. The lowest BCUT2D eigenvalue weighted by Crippen LogP contribution is -2.45. The summed E-state index contributed by atoms with van der Waals surface area (Å²) in [6.45, 7) is 4.23. The van der Waals surface area contributed by atoms with Crippen LogP contribution >= 0.6 is 0 Å². The Hall–Kier alpha value is -0.870. The molecule has 2 atom stereocenters. The minimum Gasteiger partial charge on any atom is -0.394 e. The predicted molar refractivity (Wildman–Crippen MR) is 152 cm³/mol. The molecule has 0 aromatic heterocycles. The number of carbonyl (C=O) groups is 1. The van der Waals surface area contributed by atoms with Crippen molar-refractivity contribution in [2.24, 2.45) is 0 Å². The number of allylic oxidation sites excluding steroid dienone is 2. The summed E-state index contributed by atoms with van der Waals surface area (Å²) in [5, 5.41) is 22.5. The van der Waals surface area contributed by atoms with Gasteiger partial charge < -0.3 is 15.5 Å². The second-order valence-electron chi connectivity index (χ2n) is 10.5. The number of amides is 1. The lowest BCUT2D eigenvalue weighted by Gasteiger charge is -2.22. The SMILES string of the molecule is CCCCCCCC/C=C\CCCCCCCCCCCC(=O)NC(CO)C(O)CCCCCC. The molecule has 0 aliphatic heterocycles. The molecule has 0 saturated carbocycles. The molecule has 1 amide bonds. The Labute approximate surface area is 218 Å². The van der Waals surface area contributed by atoms with Crippen LogP contribution < -0.4 is 5.32 Å². The summed E-state index contributed by atoms with van der Waals surface area (Å²) in [4.78, 5) is 12.1. The highest BCUT2D eigenvalue weighted by molar-refractivity contribution is 5.76. The second kappa shape index (κ2) is 27.7. The molecule has 0 heterocycles. The van der Waals surface area contributed by atoms with Crippen LogP contribution in [0.3, 0.4) is 0 Å². The largest absolute Gasteiger partial charge is 0.394 e. The molecule has 0 bridgehead atoms. The van der Waals surface area contributed by atoms with E-state index < -0.39 is 12.1 Å². The molecule has 0 fully saturated rings. The zero-order valence-corrected chi connectivity index (χ0v) is 23.6. The van der Waals surface area contributed by atoms with E-state index in [1.54, 1.807) is 0 Å². The van der Waals surface area contributed by atoms with Crippen molar-refractivity contribution in [2.45, 2.75) is 174 Å². The molecular formula is C31H61NO3. The Kier molecular flexibility index (Phi) is 27.0. The van der Waals surface area contributed by atoms with Crippen molar-refractivity contribution in [3.63, 3.8) is 0 Å². The fourth-order valence-electron chi connectivity index (χ4n) is 4.59. The summed E-state index contributed by atoms with van der Waals surface area (Å²) in [5.74, 6) is -0.0438. The third-order valence-corrected chi connectivity index (χ3v) is 7.03. The summed E-state index contributed by atoms with van der Waals surface area (Å²) in [5.41, 5.74) is 0. The van der Waals surface area contributed by atoms with Gasteiger partial charge in [-0.2, -0.15) is 0 Å². The molecule has 0 aliphatic rings. The van der Waals surface area contributed by atoms with Gasteiger partial charge in [0, 0.05) is 6.42 Å². The maximum atomic E-state index is 12.1. The van der Waals surface area contributed by atoms with E-state index in [1.807, 2.05) is 0 Å². The number of aliphatic hydroxyl groups excluding tert-OH is 2. The van der Waals surface area contributed by atoms with Crippen LogP contribution in [-0.2, 0) is 4.79 Å². The van der Waals surface area contributed by atoms with Gasteiger partial charge in [-0.1, -0.05) is 129 Å². The minimum absolute atomic E-state index is 0.0438. The van der Waals surface area contributed by atoms with Crippen molar-refractivity contribution >= 4 is 5.91 Å². The van der Waals surface area contributed by atoms with Crippen LogP contribution in [-0.4, -0.2) is 34.9 Å². The van der Waals surface area contributed by atoms with E-state index in [-0.39, 0.29) is 12.5 Å². The number of nitrogens with one attached hydrogen (secondary N) is 1. The molecule has 4 nitrogen and oxygen atoms in total. The van der Waals surface area contributed by atoms with Gasteiger partial charge in [-0.25, -0.2) is 0 Å². The van der Waals surface area contributed by atoms with Crippen LogP contribution in [0, 0.1) is 0 Å². The number of carbonyl (C=O) groups excluding carboxylic acids is 1. The van der Waals surface area contributed by atoms with Crippen molar-refractivity contribution < 1.29 is 15.0 Å². The lowest BCUT2D eigenvalue weighted by atomic mass is 10.0. The first kappa shape index (κ1) is 34.1. The highest BCUT2D eigenvalue weighted by Crippen LogP contribution is 2.13. The molecule has 3 N–H and O–H groups in total. The normalized spacial score (nSPS) is 13.4. The van der Waals surface area contributed by atoms with Crippen molar-refractivity contribution in [1.29, 1.82) is 0 Å². The number of unbranched alkanes of at least 4 members (excludes halogenated alkanes) is 18. The van der Waals surface area contributed by atoms with Gasteiger partial charge in [0.05, 0.1) is 18.8 Å². The van der Waals surface area contributed by atoms with E-state index in [0.29, 0.717) is 12.8 Å². The summed E-state index contributed by atoms with van der Waals surface area (Å²) in [6.07, 6.45) is 31.5. The van der Waals surface area contributed by atoms with E-state index >= 15 is 0 Å². The fourth-order valence-corrected chi connectivity index (χ4v) is 4.59. The quantitative estimate of drug-likeness (QED) is 0.0791. The minimum atomic E-state index is -0.651. The van der Waals surface area contributed by atoms with Crippen LogP contribution in [0.5, 0.6) is 0 Å². The number of hydrogen-bond acceptors (Lipinski definition) is 3. The smallest absolute Gasteiger partial charge is 0.220 e. The zero-order chi connectivity index (χ0) is 25.8. The maximum absolute atomic E-state index is 12.1. The molecule has 0 aromatic rings. The van der Waals surface area contributed by atoms with E-state index in [2.05, 4.69) is 31.3 Å². The zero-order valence-electron chi connectivity index (χ0n) is 23.6. The monoisotopic (exact) mass is 495 g/mol. The fraction of sp³-hybridized carbons (Fsp3) is 0.903. The van der Waals surface area contributed by atoms with Gasteiger partial charge in [-0.05, 0) is 38.5 Å². The molecule has 0 rings (SSSR count). The van der Waals surface area contributed by atoms with Gasteiger partial charge in [-0.3, -0.25) is 4.79 Å². The van der Waals surface area contributed by atoms with Gasteiger partial charge in [0.25, 0.3) is 0 Å². The Balaban J connectivity index is 3.46. The summed E-state index contributed by atoms with van der Waals surface area (Å²) in [6, 6.07) is -0.528. The average molecular weight is 496 g/mol. The summed E-state index contributed by atoms with van der Waals surface area (Å²) < 4.78 is 0. The average Bonchev–Trinajstić information content (AvgIpc) is 2.86. The first-order chi connectivity index (χ1) is 17.2. The lowest BCUT2D eigenvalue weighted by molar-refractivity contribution is -0.123. The van der Waals surface area contributed by atoms with Crippen molar-refractivity contribution in [3.8, 4) is 0 Å². The standard InChI is InChI=1S/C31H61NO3/c1-3-5-7-9-10-11-12-13-14-15-16-17-18-19-20-21-22-23-25-27-31(35)32-29(28-33)30(34)26-24-8-6-4-2/h13-14,29-30,33-34H,3-12,15-28H2,1-2H3,(H,32,35)/b14-13-. The van der Waals surface area contributed by atoms with E-state index in [1.165, 1.54) is 103 Å². The molecule has 0 aliphatic carbocycles. The van der Waals surface area contributed by atoms with Gasteiger partial charge in [0.15, 0.2) is 0 Å². The van der Waals surface area contributed by atoms with E-state index in [0.717, 1.165) is 32.1 Å². The first-order valence-corrected chi connectivity index (χ1v) is 15.4. The molecule has 0 radical (unpaired) electrons. The summed E-state index contributed by atoms with van der Waals surface area (Å²) >= 11 is 0. The molecule has 0 aromatic carbocycles. The number of rotatable bonds is 27. The first-order valence-electron chi connectivity index (χ1n) is 15.4. The van der Waals surface area contributed by atoms with Gasteiger partial charge in [0.2, 0.25) is 5.91 Å². The van der Waals surface area contributed by atoms with Crippen LogP contribution in [0.15, 0.2) is 12.2 Å². The summed E-state index contributed by atoms with van der Waals surface area (Å²) in [7, 11) is 0. The predicted octanol–water partition coefficient (Wildman–Crippen LogP) is 8.39. The maximum Gasteiger partial charge on any atom is 0.220 e. The molecule has 4 heteroatoms. The topological polar surface area (TPSA) is 69.6 Å². The van der Waals surface area contributed by atoms with Crippen molar-refractivity contribution in [1.82, 2.24) is 5.32 Å². The van der Waals surface area contributed by atoms with Gasteiger partial charge >= 0.3 is 0 Å². The molecule has 2 unspecified atom stereocenters. The van der Waals surface area contributed by atoms with E-state index in [4.69, 9.17) is 0 Å². The van der Waals surface area contributed by atoms with Crippen LogP contribution in [0.4, 0.5) is 0 Å². The van der Waals surface area contributed by atoms with Crippen molar-refractivity contribution in [2.75, 3.05) is 6.61 Å². The number of aliphatic hydroxyl groups is 2. The second-order valence-corrected chi connectivity index (χ2v) is 10.5. The highest BCUT2D eigenvalue weighted by atomic mass is 16.3. The van der Waals surface area contributed by atoms with Crippen molar-refractivity contribution in [3.05, 3.63) is 12.2 Å². The van der Waals surface area contributed by atoms with Gasteiger partial charge in [0.1, 0.15) is 0 Å². The Morgan fingerprint density at radius 1 is 0.657 bits per heavy atom. The number of hydrogen-bond donors (Lipinski definition) is 3. The van der Waals surface area contributed by atoms with Crippen LogP contribution in [0.1, 0.15) is 162 Å². The molecule has 0 saturated heterocycles. The molecular weight excluding hydrogens is 434 g/mol. The third kappa shape index (κ3) is 24.6. The van der Waals surface area contributed by atoms with Gasteiger partial charge in [-0.15, -0.1) is 0 Å². The molecule has 208 valence electrons. The molecule has 35 heavy (non-hydrogen) atoms. The Bertz CT molecular complexity index is 466. The molecule has 0 spiro atoms. The highest BCUT2D eigenvalue weighted by Gasteiger charge is 2.19. The third-order valence-electron chi connectivity index (χ3n) is 7.03. The van der Waals surface area contributed by atoms with Crippen LogP contribution in [0.25, 0.3) is 0 Å².